The highest BCUT2D eigenvalue weighted by molar-refractivity contribution is 8.01. The number of nitrogens with zero attached hydrogens (tertiary/aromatic N) is 2. The zero-order valence-corrected chi connectivity index (χ0v) is 16.7. The van der Waals surface area contributed by atoms with E-state index in [9.17, 15) is 14.9 Å². The van der Waals surface area contributed by atoms with Gasteiger partial charge in [-0.25, -0.2) is 4.98 Å². The van der Waals surface area contributed by atoms with E-state index in [1.807, 2.05) is 33.1 Å². The van der Waals surface area contributed by atoms with Gasteiger partial charge in [-0.1, -0.05) is 25.6 Å². The molecule has 0 bridgehead atoms. The minimum absolute atomic E-state index is 0.116. The third kappa shape index (κ3) is 4.60. The molecule has 7 nitrogen and oxygen atoms in total. The molecule has 1 unspecified atom stereocenters. The van der Waals surface area contributed by atoms with Gasteiger partial charge in [-0.15, -0.1) is 11.3 Å². The lowest BCUT2D eigenvalue weighted by Gasteiger charge is -2.33. The standard InChI is InChI=1S/C17H22N4O3S2/c1-10(2)17(4,9-18)20-15(22)12-5-6-14(13(7-12)21(23)24)26-16-19-11(3)8-25-16/h5-8,10H,9,18H2,1-4H3,(H,20,22). The van der Waals surface area contributed by atoms with Gasteiger partial charge in [0, 0.05) is 29.2 Å². The van der Waals surface area contributed by atoms with Gasteiger partial charge >= 0.3 is 0 Å². The number of carbonyl (C=O) groups excluding carboxylic acids is 1. The van der Waals surface area contributed by atoms with Crippen molar-refractivity contribution in [3.63, 3.8) is 0 Å². The molecule has 1 amide bonds. The van der Waals surface area contributed by atoms with E-state index in [1.54, 1.807) is 12.1 Å². The molecule has 0 saturated carbocycles. The number of nitro benzene ring substituents is 1. The van der Waals surface area contributed by atoms with Crippen LogP contribution in [0.3, 0.4) is 0 Å². The first-order valence-electron chi connectivity index (χ1n) is 8.07. The smallest absolute Gasteiger partial charge is 0.284 e. The molecule has 2 rings (SSSR count). The highest BCUT2D eigenvalue weighted by Crippen LogP contribution is 2.36. The Morgan fingerprint density at radius 1 is 1.50 bits per heavy atom. The fourth-order valence-electron chi connectivity index (χ4n) is 2.12. The van der Waals surface area contributed by atoms with Gasteiger partial charge in [-0.05, 0) is 31.9 Å². The van der Waals surface area contributed by atoms with Gasteiger partial charge in [0.2, 0.25) is 0 Å². The quantitative estimate of drug-likeness (QED) is 0.548. The Labute approximate surface area is 160 Å². The van der Waals surface area contributed by atoms with Crippen LogP contribution in [0.1, 0.15) is 36.8 Å². The number of hydrogen-bond acceptors (Lipinski definition) is 7. The summed E-state index contributed by atoms with van der Waals surface area (Å²) in [5.41, 5.74) is 6.19. The zero-order chi connectivity index (χ0) is 19.5. The number of nitrogens with two attached hydrogens (primary N) is 1. The van der Waals surface area contributed by atoms with Crippen molar-refractivity contribution in [2.24, 2.45) is 11.7 Å². The summed E-state index contributed by atoms with van der Waals surface area (Å²) in [5, 5.41) is 16.2. The molecule has 3 N–H and O–H groups in total. The molecule has 0 saturated heterocycles. The number of benzene rings is 1. The van der Waals surface area contributed by atoms with Crippen molar-refractivity contribution < 1.29 is 9.72 Å². The lowest BCUT2D eigenvalue weighted by molar-refractivity contribution is -0.387. The van der Waals surface area contributed by atoms with Gasteiger partial charge in [0.05, 0.1) is 15.4 Å². The lowest BCUT2D eigenvalue weighted by atomic mass is 9.88. The van der Waals surface area contributed by atoms with Crippen LogP contribution in [-0.4, -0.2) is 27.9 Å². The highest BCUT2D eigenvalue weighted by Gasteiger charge is 2.29. The predicted octanol–water partition coefficient (Wildman–Crippen LogP) is 3.61. The molecule has 9 heteroatoms. The van der Waals surface area contributed by atoms with E-state index in [0.29, 0.717) is 4.90 Å². The molecule has 0 aliphatic carbocycles. The topological polar surface area (TPSA) is 111 Å². The largest absolute Gasteiger partial charge is 0.345 e. The summed E-state index contributed by atoms with van der Waals surface area (Å²) in [7, 11) is 0. The molecule has 1 aromatic heterocycles. The van der Waals surface area contributed by atoms with Gasteiger partial charge < -0.3 is 11.1 Å². The maximum absolute atomic E-state index is 12.6. The summed E-state index contributed by atoms with van der Waals surface area (Å²) in [5.74, 6) is -0.259. The van der Waals surface area contributed by atoms with Crippen molar-refractivity contribution in [3.05, 3.63) is 45.0 Å². The molecule has 26 heavy (non-hydrogen) atoms. The number of nitrogens with one attached hydrogen (secondary N) is 1. The van der Waals surface area contributed by atoms with Gasteiger partial charge in [0.25, 0.3) is 11.6 Å². The Bertz CT molecular complexity index is 822. The van der Waals surface area contributed by atoms with Crippen molar-refractivity contribution in [1.29, 1.82) is 0 Å². The van der Waals surface area contributed by atoms with Crippen molar-refractivity contribution in [3.8, 4) is 0 Å². The second-order valence-electron chi connectivity index (χ2n) is 6.53. The molecule has 0 radical (unpaired) electrons. The number of hydrogen-bond donors (Lipinski definition) is 2. The molecular weight excluding hydrogens is 372 g/mol. The van der Waals surface area contributed by atoms with Crippen LogP contribution in [0, 0.1) is 23.0 Å². The summed E-state index contributed by atoms with van der Waals surface area (Å²) < 4.78 is 0.721. The summed E-state index contributed by atoms with van der Waals surface area (Å²) in [6.07, 6.45) is 0. The van der Waals surface area contributed by atoms with Gasteiger partial charge in [-0.3, -0.25) is 14.9 Å². The Hall–Kier alpha value is -1.97. The SMILES string of the molecule is Cc1csc(Sc2ccc(C(=O)NC(C)(CN)C(C)C)cc2[N+](=O)[O-])n1. The Morgan fingerprint density at radius 2 is 2.19 bits per heavy atom. The first kappa shape index (κ1) is 20.3. The summed E-state index contributed by atoms with van der Waals surface area (Å²) in [6.45, 7) is 7.93. The number of aryl methyl sites for hydroxylation is 1. The lowest BCUT2D eigenvalue weighted by Crippen LogP contribution is -2.55. The number of rotatable bonds is 7. The zero-order valence-electron chi connectivity index (χ0n) is 15.1. The van der Waals surface area contributed by atoms with Gasteiger partial charge in [-0.2, -0.15) is 0 Å². The Morgan fingerprint density at radius 3 is 2.69 bits per heavy atom. The molecule has 0 fully saturated rings. The number of aromatic nitrogens is 1. The van der Waals surface area contributed by atoms with E-state index >= 15 is 0 Å². The molecular formula is C17H22N4O3S2. The minimum Gasteiger partial charge on any atom is -0.345 e. The Kier molecular flexibility index (Phi) is 6.38. The van der Waals surface area contributed by atoms with E-state index in [1.165, 1.54) is 29.2 Å². The molecule has 1 aromatic carbocycles. The second kappa shape index (κ2) is 8.15. The fraction of sp³-hybridized carbons (Fsp3) is 0.412. The average Bonchev–Trinajstić information content (AvgIpc) is 2.99. The van der Waals surface area contributed by atoms with Crippen LogP contribution < -0.4 is 11.1 Å². The van der Waals surface area contributed by atoms with Gasteiger partial charge in [0.15, 0.2) is 4.34 Å². The molecule has 1 heterocycles. The van der Waals surface area contributed by atoms with E-state index in [4.69, 9.17) is 5.73 Å². The van der Waals surface area contributed by atoms with Crippen LogP contribution in [0.15, 0.2) is 32.8 Å². The summed E-state index contributed by atoms with van der Waals surface area (Å²) >= 11 is 2.65. The first-order chi connectivity index (χ1) is 12.2. The monoisotopic (exact) mass is 394 g/mol. The minimum atomic E-state index is -0.586. The molecule has 0 aliphatic heterocycles. The number of thiazole rings is 1. The normalized spacial score (nSPS) is 13.5. The molecule has 0 spiro atoms. The third-order valence-electron chi connectivity index (χ3n) is 4.31. The summed E-state index contributed by atoms with van der Waals surface area (Å²) in [6, 6.07) is 4.47. The van der Waals surface area contributed by atoms with E-state index in [2.05, 4.69) is 10.3 Å². The van der Waals surface area contributed by atoms with Crippen LogP contribution in [0.2, 0.25) is 0 Å². The number of nitro groups is 1. The third-order valence-corrected chi connectivity index (χ3v) is 6.43. The molecule has 1 atom stereocenters. The second-order valence-corrected chi connectivity index (χ2v) is 8.67. The highest BCUT2D eigenvalue weighted by atomic mass is 32.2. The van der Waals surface area contributed by atoms with Crippen LogP contribution in [0.5, 0.6) is 0 Å². The summed E-state index contributed by atoms with van der Waals surface area (Å²) in [4.78, 5) is 28.3. The van der Waals surface area contributed by atoms with E-state index in [0.717, 1.165) is 10.0 Å². The van der Waals surface area contributed by atoms with Crippen LogP contribution in [0.25, 0.3) is 0 Å². The van der Waals surface area contributed by atoms with E-state index < -0.39 is 10.5 Å². The first-order valence-corrected chi connectivity index (χ1v) is 9.77. The average molecular weight is 395 g/mol. The van der Waals surface area contributed by atoms with Crippen molar-refractivity contribution >= 4 is 34.7 Å². The van der Waals surface area contributed by atoms with Gasteiger partial charge in [0.1, 0.15) is 0 Å². The Balaban J connectivity index is 2.30. The molecule has 140 valence electrons. The molecule has 0 aliphatic rings. The predicted molar refractivity (Wildman–Crippen MR) is 104 cm³/mol. The van der Waals surface area contributed by atoms with Crippen LogP contribution >= 0.6 is 23.1 Å². The van der Waals surface area contributed by atoms with Crippen molar-refractivity contribution in [1.82, 2.24) is 10.3 Å². The molecule has 2 aromatic rings. The maximum atomic E-state index is 12.6. The van der Waals surface area contributed by atoms with Crippen LogP contribution in [-0.2, 0) is 0 Å². The van der Waals surface area contributed by atoms with E-state index in [-0.39, 0.29) is 29.6 Å². The maximum Gasteiger partial charge on any atom is 0.284 e. The number of carbonyl (C=O) groups is 1. The van der Waals surface area contributed by atoms with Crippen molar-refractivity contribution in [2.75, 3.05) is 6.54 Å². The fourth-order valence-corrected chi connectivity index (χ4v) is 4.00. The van der Waals surface area contributed by atoms with Crippen molar-refractivity contribution in [2.45, 2.75) is 42.5 Å². The number of amides is 1. The van der Waals surface area contributed by atoms with Crippen LogP contribution in [0.4, 0.5) is 5.69 Å².